The van der Waals surface area contributed by atoms with Gasteiger partial charge in [-0.25, -0.2) is 0 Å². The van der Waals surface area contributed by atoms with E-state index in [0.717, 1.165) is 12.0 Å². The number of hydrogen-bond acceptors (Lipinski definition) is 2. The zero-order valence-corrected chi connectivity index (χ0v) is 10.1. The smallest absolute Gasteiger partial charge is 0.0622 e. The number of nitrogens with one attached hydrogen (secondary N) is 1. The van der Waals surface area contributed by atoms with Gasteiger partial charge in [-0.2, -0.15) is 0 Å². The standard InChI is InChI=1S/C12H25NO/c1-10-5-6-11(9-13-10)7-8-12(2,3)14-4/h10-11,13H,5-9H2,1-4H3. The summed E-state index contributed by atoms with van der Waals surface area (Å²) in [6.07, 6.45) is 5.18. The largest absolute Gasteiger partial charge is 0.379 e. The molecule has 0 spiro atoms. The Morgan fingerprint density at radius 1 is 1.36 bits per heavy atom. The third-order valence-corrected chi connectivity index (χ3v) is 3.47. The number of rotatable bonds is 4. The van der Waals surface area contributed by atoms with Crippen molar-refractivity contribution in [1.29, 1.82) is 0 Å². The third-order valence-electron chi connectivity index (χ3n) is 3.47. The monoisotopic (exact) mass is 199 g/mol. The second-order valence-corrected chi connectivity index (χ2v) is 5.26. The highest BCUT2D eigenvalue weighted by Gasteiger charge is 2.22. The van der Waals surface area contributed by atoms with Crippen LogP contribution in [0.3, 0.4) is 0 Å². The summed E-state index contributed by atoms with van der Waals surface area (Å²) >= 11 is 0. The Kier molecular flexibility index (Phi) is 4.39. The minimum atomic E-state index is 0.0586. The topological polar surface area (TPSA) is 21.3 Å². The molecule has 0 aromatic heterocycles. The van der Waals surface area contributed by atoms with E-state index in [0.29, 0.717) is 0 Å². The van der Waals surface area contributed by atoms with Gasteiger partial charge in [-0.15, -0.1) is 0 Å². The van der Waals surface area contributed by atoms with Crippen molar-refractivity contribution in [2.24, 2.45) is 5.92 Å². The van der Waals surface area contributed by atoms with Crippen molar-refractivity contribution in [2.75, 3.05) is 13.7 Å². The molecule has 0 aliphatic carbocycles. The summed E-state index contributed by atoms with van der Waals surface area (Å²) in [5, 5.41) is 3.55. The Bertz CT molecular complexity index is 160. The first-order valence-corrected chi connectivity index (χ1v) is 5.82. The lowest BCUT2D eigenvalue weighted by atomic mass is 9.88. The molecule has 0 aromatic rings. The second kappa shape index (κ2) is 5.13. The molecule has 2 unspecified atom stereocenters. The number of hydrogen-bond donors (Lipinski definition) is 1. The summed E-state index contributed by atoms with van der Waals surface area (Å²) in [4.78, 5) is 0. The van der Waals surface area contributed by atoms with Crippen LogP contribution in [0.25, 0.3) is 0 Å². The number of methoxy groups -OCH3 is 1. The summed E-state index contributed by atoms with van der Waals surface area (Å²) in [6.45, 7) is 7.81. The molecule has 1 aliphatic heterocycles. The summed E-state index contributed by atoms with van der Waals surface area (Å²) in [7, 11) is 1.81. The van der Waals surface area contributed by atoms with Crippen molar-refractivity contribution < 1.29 is 4.74 Å². The van der Waals surface area contributed by atoms with Crippen molar-refractivity contribution in [2.45, 2.75) is 58.1 Å². The van der Waals surface area contributed by atoms with E-state index in [4.69, 9.17) is 4.74 Å². The van der Waals surface area contributed by atoms with Gasteiger partial charge in [0.2, 0.25) is 0 Å². The maximum absolute atomic E-state index is 5.43. The molecule has 1 rings (SSSR count). The summed E-state index contributed by atoms with van der Waals surface area (Å²) < 4.78 is 5.43. The van der Waals surface area contributed by atoms with E-state index in [2.05, 4.69) is 26.1 Å². The van der Waals surface area contributed by atoms with Crippen molar-refractivity contribution >= 4 is 0 Å². The zero-order chi connectivity index (χ0) is 10.6. The van der Waals surface area contributed by atoms with Crippen LogP contribution < -0.4 is 5.32 Å². The Labute approximate surface area is 88.4 Å². The van der Waals surface area contributed by atoms with Gasteiger partial charge in [0.25, 0.3) is 0 Å². The van der Waals surface area contributed by atoms with E-state index < -0.39 is 0 Å². The van der Waals surface area contributed by atoms with Gasteiger partial charge in [-0.05, 0) is 58.9 Å². The molecule has 14 heavy (non-hydrogen) atoms. The average molecular weight is 199 g/mol. The van der Waals surface area contributed by atoms with Crippen molar-refractivity contribution in [1.82, 2.24) is 5.32 Å². The van der Waals surface area contributed by atoms with Crippen LogP contribution in [-0.4, -0.2) is 25.3 Å². The van der Waals surface area contributed by atoms with Crippen LogP contribution >= 0.6 is 0 Å². The summed E-state index contributed by atoms with van der Waals surface area (Å²) in [6, 6.07) is 0.724. The molecule has 0 amide bonds. The third kappa shape index (κ3) is 3.97. The highest BCUT2D eigenvalue weighted by Crippen LogP contribution is 2.24. The molecule has 1 fully saturated rings. The Morgan fingerprint density at radius 2 is 2.07 bits per heavy atom. The Balaban J connectivity index is 2.19. The van der Waals surface area contributed by atoms with Crippen LogP contribution in [-0.2, 0) is 4.74 Å². The molecule has 0 bridgehead atoms. The van der Waals surface area contributed by atoms with Crippen LogP contribution in [0.5, 0.6) is 0 Å². The molecular weight excluding hydrogens is 174 g/mol. The fourth-order valence-electron chi connectivity index (χ4n) is 1.96. The molecule has 2 atom stereocenters. The van der Waals surface area contributed by atoms with E-state index in [9.17, 15) is 0 Å². The number of ether oxygens (including phenoxy) is 1. The van der Waals surface area contributed by atoms with Gasteiger partial charge >= 0.3 is 0 Å². The first kappa shape index (κ1) is 12.0. The fourth-order valence-corrected chi connectivity index (χ4v) is 1.96. The minimum absolute atomic E-state index is 0.0586. The van der Waals surface area contributed by atoms with Gasteiger partial charge in [-0.3, -0.25) is 0 Å². The van der Waals surface area contributed by atoms with Crippen molar-refractivity contribution in [3.8, 4) is 0 Å². The van der Waals surface area contributed by atoms with Gasteiger partial charge in [-0.1, -0.05) is 0 Å². The predicted molar refractivity (Wildman–Crippen MR) is 60.5 cm³/mol. The maximum Gasteiger partial charge on any atom is 0.0622 e. The molecule has 1 heterocycles. The quantitative estimate of drug-likeness (QED) is 0.751. The van der Waals surface area contributed by atoms with Gasteiger partial charge in [0.05, 0.1) is 5.60 Å². The minimum Gasteiger partial charge on any atom is -0.379 e. The van der Waals surface area contributed by atoms with Gasteiger partial charge in [0, 0.05) is 13.2 Å². The Morgan fingerprint density at radius 3 is 2.57 bits per heavy atom. The lowest BCUT2D eigenvalue weighted by Gasteiger charge is -2.30. The van der Waals surface area contributed by atoms with Gasteiger partial charge < -0.3 is 10.1 Å². The molecule has 2 nitrogen and oxygen atoms in total. The molecule has 1 N–H and O–H groups in total. The van der Waals surface area contributed by atoms with E-state index in [-0.39, 0.29) is 5.60 Å². The van der Waals surface area contributed by atoms with Crippen LogP contribution in [0.1, 0.15) is 46.5 Å². The molecular formula is C12H25NO. The van der Waals surface area contributed by atoms with E-state index in [1.165, 1.54) is 32.2 Å². The first-order valence-electron chi connectivity index (χ1n) is 5.82. The van der Waals surface area contributed by atoms with Crippen LogP contribution in [0, 0.1) is 5.92 Å². The SMILES string of the molecule is COC(C)(C)CCC1CCC(C)NC1. The molecule has 0 aromatic carbocycles. The lowest BCUT2D eigenvalue weighted by molar-refractivity contribution is 0.00928. The summed E-state index contributed by atoms with van der Waals surface area (Å²) in [5.41, 5.74) is 0.0586. The zero-order valence-electron chi connectivity index (χ0n) is 10.1. The van der Waals surface area contributed by atoms with Crippen LogP contribution in [0.2, 0.25) is 0 Å². The first-order chi connectivity index (χ1) is 6.53. The molecule has 1 aliphatic rings. The van der Waals surface area contributed by atoms with E-state index in [1.807, 2.05) is 0 Å². The average Bonchev–Trinajstić information content (AvgIpc) is 2.17. The van der Waals surface area contributed by atoms with E-state index >= 15 is 0 Å². The molecule has 84 valence electrons. The van der Waals surface area contributed by atoms with Crippen LogP contribution in [0.4, 0.5) is 0 Å². The molecule has 0 saturated carbocycles. The van der Waals surface area contributed by atoms with Crippen LogP contribution in [0.15, 0.2) is 0 Å². The highest BCUT2D eigenvalue weighted by atomic mass is 16.5. The molecule has 1 saturated heterocycles. The van der Waals surface area contributed by atoms with Gasteiger partial charge in [0.15, 0.2) is 0 Å². The highest BCUT2D eigenvalue weighted by molar-refractivity contribution is 4.77. The molecule has 2 heteroatoms. The molecule has 0 radical (unpaired) electrons. The maximum atomic E-state index is 5.43. The summed E-state index contributed by atoms with van der Waals surface area (Å²) in [5.74, 6) is 0.862. The van der Waals surface area contributed by atoms with E-state index in [1.54, 1.807) is 7.11 Å². The number of piperidine rings is 1. The van der Waals surface area contributed by atoms with Crippen molar-refractivity contribution in [3.05, 3.63) is 0 Å². The lowest BCUT2D eigenvalue weighted by Crippen LogP contribution is -2.37. The Hall–Kier alpha value is -0.0800. The second-order valence-electron chi connectivity index (χ2n) is 5.26. The normalized spacial score (nSPS) is 29.1. The van der Waals surface area contributed by atoms with Gasteiger partial charge in [0.1, 0.15) is 0 Å². The van der Waals surface area contributed by atoms with Crippen molar-refractivity contribution in [3.63, 3.8) is 0 Å². The predicted octanol–water partition coefficient (Wildman–Crippen LogP) is 2.58. The fraction of sp³-hybridized carbons (Fsp3) is 1.00.